The summed E-state index contributed by atoms with van der Waals surface area (Å²) in [4.78, 5) is 29.5. The lowest BCUT2D eigenvalue weighted by atomic mass is 10.3. The van der Waals surface area contributed by atoms with Gasteiger partial charge in [-0.05, 0) is 25.1 Å². The Kier molecular flexibility index (Phi) is 5.11. The number of hydrogen-bond acceptors (Lipinski definition) is 4. The summed E-state index contributed by atoms with van der Waals surface area (Å²) >= 11 is 5.72. The van der Waals surface area contributed by atoms with Crippen LogP contribution in [0.5, 0.6) is 0 Å². The summed E-state index contributed by atoms with van der Waals surface area (Å²) in [6.07, 6.45) is 4.74. The van der Waals surface area contributed by atoms with E-state index in [1.807, 2.05) is 0 Å². The molecule has 0 saturated heterocycles. The summed E-state index contributed by atoms with van der Waals surface area (Å²) < 4.78 is 1.54. The second-order valence-corrected chi connectivity index (χ2v) is 5.20. The van der Waals surface area contributed by atoms with Crippen molar-refractivity contribution in [2.75, 3.05) is 18.9 Å². The van der Waals surface area contributed by atoms with Crippen LogP contribution < -0.4 is 5.32 Å². The predicted octanol–water partition coefficient (Wildman–Crippen LogP) is 1.59. The van der Waals surface area contributed by atoms with E-state index in [0.717, 1.165) is 0 Å². The highest BCUT2D eigenvalue weighted by Gasteiger charge is 2.21. The van der Waals surface area contributed by atoms with Crippen molar-refractivity contribution in [3.63, 3.8) is 0 Å². The highest BCUT2D eigenvalue weighted by atomic mass is 35.5. The van der Waals surface area contributed by atoms with E-state index in [-0.39, 0.29) is 18.4 Å². The van der Waals surface area contributed by atoms with E-state index in [2.05, 4.69) is 15.4 Å². The third-order valence-electron chi connectivity index (χ3n) is 3.03. The molecule has 0 aromatic carbocycles. The number of carbonyl (C=O) groups is 2. The minimum Gasteiger partial charge on any atom is -0.335 e. The molecule has 0 spiro atoms. The van der Waals surface area contributed by atoms with E-state index in [1.54, 1.807) is 44.6 Å². The van der Waals surface area contributed by atoms with Gasteiger partial charge in [0.25, 0.3) is 0 Å². The van der Waals surface area contributed by atoms with Gasteiger partial charge >= 0.3 is 0 Å². The summed E-state index contributed by atoms with van der Waals surface area (Å²) in [5, 5.41) is 7.11. The van der Waals surface area contributed by atoms with Crippen molar-refractivity contribution in [3.05, 3.63) is 41.8 Å². The fraction of sp³-hybridized carbons (Fsp3) is 0.286. The number of pyridine rings is 1. The number of nitrogens with one attached hydrogen (secondary N) is 1. The second kappa shape index (κ2) is 7.04. The number of aromatic nitrogens is 3. The molecule has 0 radical (unpaired) electrons. The minimum absolute atomic E-state index is 0.0747. The van der Waals surface area contributed by atoms with Gasteiger partial charge in [-0.2, -0.15) is 5.10 Å². The van der Waals surface area contributed by atoms with Gasteiger partial charge in [-0.3, -0.25) is 14.3 Å². The predicted molar refractivity (Wildman–Crippen MR) is 82.5 cm³/mol. The van der Waals surface area contributed by atoms with Crippen molar-refractivity contribution < 1.29 is 9.59 Å². The summed E-state index contributed by atoms with van der Waals surface area (Å²) in [6, 6.07) is 4.48. The second-order valence-electron chi connectivity index (χ2n) is 4.77. The number of likely N-dealkylation sites (N-methyl/N-ethyl adjacent to an activating group) is 1. The zero-order valence-electron chi connectivity index (χ0n) is 12.2. The van der Waals surface area contributed by atoms with Crippen molar-refractivity contribution in [2.24, 2.45) is 0 Å². The summed E-state index contributed by atoms with van der Waals surface area (Å²) in [6.45, 7) is 1.65. The van der Waals surface area contributed by atoms with Crippen LogP contribution in [0.3, 0.4) is 0 Å². The standard InChI is InChI=1S/C14H16ClN5O2/c1-10(20-7-3-6-17-20)14(22)19(2)9-13(21)18-12-5-4-11(15)8-16-12/h3-8,10H,9H2,1-2H3,(H,16,18,21)/t10-/m1/s1. The molecule has 7 nitrogen and oxygen atoms in total. The van der Waals surface area contributed by atoms with Crippen LogP contribution in [0.4, 0.5) is 5.82 Å². The van der Waals surface area contributed by atoms with Gasteiger partial charge in [0.05, 0.1) is 11.6 Å². The van der Waals surface area contributed by atoms with E-state index in [0.29, 0.717) is 10.8 Å². The normalized spacial score (nSPS) is 11.8. The number of halogens is 1. The molecule has 1 N–H and O–H groups in total. The largest absolute Gasteiger partial charge is 0.335 e. The molecule has 0 saturated carbocycles. The topological polar surface area (TPSA) is 80.1 Å². The molecule has 2 aromatic rings. The first kappa shape index (κ1) is 16.0. The lowest BCUT2D eigenvalue weighted by Crippen LogP contribution is -2.38. The van der Waals surface area contributed by atoms with Crippen LogP contribution in [0.15, 0.2) is 36.8 Å². The maximum absolute atomic E-state index is 12.2. The van der Waals surface area contributed by atoms with Gasteiger partial charge in [0, 0.05) is 25.6 Å². The lowest BCUT2D eigenvalue weighted by Gasteiger charge is -2.21. The van der Waals surface area contributed by atoms with Crippen molar-refractivity contribution in [3.8, 4) is 0 Å². The first-order valence-corrected chi connectivity index (χ1v) is 7.00. The van der Waals surface area contributed by atoms with Crippen LogP contribution in [-0.2, 0) is 9.59 Å². The molecular formula is C14H16ClN5O2. The number of anilines is 1. The molecule has 1 atom stereocenters. The highest BCUT2D eigenvalue weighted by molar-refractivity contribution is 6.30. The number of amides is 2. The molecule has 0 aliphatic carbocycles. The summed E-state index contributed by atoms with van der Waals surface area (Å²) in [5.41, 5.74) is 0. The lowest BCUT2D eigenvalue weighted by molar-refractivity contribution is -0.136. The van der Waals surface area contributed by atoms with E-state index in [1.165, 1.54) is 15.8 Å². The zero-order chi connectivity index (χ0) is 16.1. The van der Waals surface area contributed by atoms with E-state index < -0.39 is 6.04 Å². The average molecular weight is 322 g/mol. The molecule has 0 aliphatic rings. The van der Waals surface area contributed by atoms with Crippen molar-refractivity contribution in [2.45, 2.75) is 13.0 Å². The van der Waals surface area contributed by atoms with E-state index in [4.69, 9.17) is 11.6 Å². The summed E-state index contributed by atoms with van der Waals surface area (Å²) in [7, 11) is 1.57. The Labute approximate surface area is 132 Å². The molecule has 0 fully saturated rings. The highest BCUT2D eigenvalue weighted by Crippen LogP contribution is 2.10. The Morgan fingerprint density at radius 1 is 1.45 bits per heavy atom. The molecule has 22 heavy (non-hydrogen) atoms. The Bertz CT molecular complexity index is 642. The van der Waals surface area contributed by atoms with Gasteiger partial charge < -0.3 is 10.2 Å². The van der Waals surface area contributed by atoms with Crippen LogP contribution in [0.1, 0.15) is 13.0 Å². The van der Waals surface area contributed by atoms with Crippen LogP contribution >= 0.6 is 11.6 Å². The number of nitrogens with zero attached hydrogens (tertiary/aromatic N) is 4. The van der Waals surface area contributed by atoms with E-state index >= 15 is 0 Å². The van der Waals surface area contributed by atoms with Crippen molar-refractivity contribution in [1.29, 1.82) is 0 Å². The molecule has 2 heterocycles. The Hall–Kier alpha value is -2.41. The molecule has 2 rings (SSSR count). The maximum atomic E-state index is 12.2. The van der Waals surface area contributed by atoms with Crippen LogP contribution in [0.25, 0.3) is 0 Å². The third kappa shape index (κ3) is 4.05. The molecule has 0 unspecified atom stereocenters. The Morgan fingerprint density at radius 2 is 2.23 bits per heavy atom. The van der Waals surface area contributed by atoms with Crippen LogP contribution in [0, 0.1) is 0 Å². The molecule has 2 amide bonds. The van der Waals surface area contributed by atoms with Gasteiger partial charge in [0.2, 0.25) is 11.8 Å². The molecule has 0 bridgehead atoms. The molecular weight excluding hydrogens is 306 g/mol. The fourth-order valence-corrected chi connectivity index (χ4v) is 1.98. The minimum atomic E-state index is -0.471. The molecule has 2 aromatic heterocycles. The van der Waals surface area contributed by atoms with Crippen LogP contribution in [-0.4, -0.2) is 45.1 Å². The quantitative estimate of drug-likeness (QED) is 0.907. The van der Waals surface area contributed by atoms with Crippen LogP contribution in [0.2, 0.25) is 5.02 Å². The molecule has 116 valence electrons. The van der Waals surface area contributed by atoms with Gasteiger partial charge in [-0.15, -0.1) is 0 Å². The molecule has 8 heteroatoms. The smallest absolute Gasteiger partial charge is 0.247 e. The Morgan fingerprint density at radius 3 is 2.82 bits per heavy atom. The SMILES string of the molecule is C[C@H](C(=O)N(C)CC(=O)Nc1ccc(Cl)cn1)n1cccn1. The van der Waals surface area contributed by atoms with Crippen molar-refractivity contribution >= 4 is 29.2 Å². The number of hydrogen-bond donors (Lipinski definition) is 1. The van der Waals surface area contributed by atoms with Gasteiger partial charge in [0.15, 0.2) is 0 Å². The number of carbonyl (C=O) groups excluding carboxylic acids is 2. The zero-order valence-corrected chi connectivity index (χ0v) is 13.0. The first-order chi connectivity index (χ1) is 10.5. The monoisotopic (exact) mass is 321 g/mol. The van der Waals surface area contributed by atoms with Gasteiger partial charge in [-0.25, -0.2) is 4.98 Å². The van der Waals surface area contributed by atoms with Gasteiger partial charge in [-0.1, -0.05) is 11.6 Å². The average Bonchev–Trinajstić information content (AvgIpc) is 3.02. The van der Waals surface area contributed by atoms with Gasteiger partial charge in [0.1, 0.15) is 11.9 Å². The Balaban J connectivity index is 1.90. The maximum Gasteiger partial charge on any atom is 0.247 e. The fourth-order valence-electron chi connectivity index (χ4n) is 1.87. The van der Waals surface area contributed by atoms with E-state index in [9.17, 15) is 9.59 Å². The first-order valence-electron chi connectivity index (χ1n) is 6.63. The molecule has 0 aliphatic heterocycles. The number of rotatable bonds is 5. The summed E-state index contributed by atoms with van der Waals surface area (Å²) in [5.74, 6) is -0.156. The third-order valence-corrected chi connectivity index (χ3v) is 3.25. The van der Waals surface area contributed by atoms with Crippen molar-refractivity contribution in [1.82, 2.24) is 19.7 Å².